The first-order valence-electron chi connectivity index (χ1n) is 5.57. The average molecular weight is 263 g/mol. The highest BCUT2D eigenvalue weighted by molar-refractivity contribution is 5.54. The fourth-order valence-corrected chi connectivity index (χ4v) is 1.75. The monoisotopic (exact) mass is 263 g/mol. The van der Waals surface area contributed by atoms with Gasteiger partial charge in [-0.3, -0.25) is 0 Å². The zero-order valence-corrected chi connectivity index (χ0v) is 9.98. The molecule has 0 fully saturated rings. The Morgan fingerprint density at radius 3 is 2.50 bits per heavy atom. The lowest BCUT2D eigenvalue weighted by Crippen LogP contribution is -2.32. The molecule has 1 aromatic rings. The highest BCUT2D eigenvalue weighted by Gasteiger charge is 2.18. The smallest absolute Gasteiger partial charge is 0.255 e. The van der Waals surface area contributed by atoms with Gasteiger partial charge in [0.05, 0.1) is 19.3 Å². The highest BCUT2D eigenvalue weighted by atomic mass is 19.3. The number of nitrogens with zero attached hydrogens (tertiary/aromatic N) is 1. The Morgan fingerprint density at radius 1 is 1.33 bits per heavy atom. The van der Waals surface area contributed by atoms with Gasteiger partial charge in [-0.1, -0.05) is 0 Å². The van der Waals surface area contributed by atoms with Gasteiger partial charge in [-0.15, -0.1) is 0 Å². The van der Waals surface area contributed by atoms with Crippen molar-refractivity contribution < 1.29 is 23.4 Å². The molecule has 0 aliphatic heterocycles. The molecule has 0 radical (unpaired) electrons. The summed E-state index contributed by atoms with van der Waals surface area (Å²) in [5, 5.41) is 18.4. The zero-order valence-electron chi connectivity index (χ0n) is 9.98. The van der Waals surface area contributed by atoms with E-state index in [9.17, 15) is 18.3 Å². The summed E-state index contributed by atoms with van der Waals surface area (Å²) in [4.78, 5) is 1.23. The zero-order chi connectivity index (χ0) is 13.7. The van der Waals surface area contributed by atoms with Crippen LogP contribution in [0.5, 0.6) is 0 Å². The van der Waals surface area contributed by atoms with Gasteiger partial charge in [-0.05, 0) is 25.1 Å². The van der Waals surface area contributed by atoms with Gasteiger partial charge in [0.15, 0.2) is 0 Å². The molecule has 1 rings (SSSR count). The first-order chi connectivity index (χ1) is 8.45. The third-order valence-corrected chi connectivity index (χ3v) is 2.51. The highest BCUT2D eigenvalue weighted by Crippen LogP contribution is 2.27. The summed E-state index contributed by atoms with van der Waals surface area (Å²) in [5.41, 5.74) is 0.532. The Kier molecular flexibility index (Phi) is 5.43. The first kappa shape index (κ1) is 14.8. The molecule has 0 aromatic heterocycles. The Hall–Kier alpha value is -1.27. The molecule has 0 saturated carbocycles. The molecular formula is C12H16F3NO2. The summed E-state index contributed by atoms with van der Waals surface area (Å²) >= 11 is 0. The molecule has 1 unspecified atom stereocenters. The number of alkyl halides is 2. The fourth-order valence-electron chi connectivity index (χ4n) is 1.75. The van der Waals surface area contributed by atoms with E-state index in [1.165, 1.54) is 17.9 Å². The van der Waals surface area contributed by atoms with Crippen LogP contribution < -0.4 is 4.90 Å². The molecule has 6 heteroatoms. The van der Waals surface area contributed by atoms with Crippen LogP contribution in [0.4, 0.5) is 18.9 Å². The van der Waals surface area contributed by atoms with Gasteiger partial charge in [-0.2, -0.15) is 0 Å². The maximum absolute atomic E-state index is 13.1. The number of hydrogen-bond acceptors (Lipinski definition) is 3. The lowest BCUT2D eigenvalue weighted by molar-refractivity contribution is 0.152. The number of benzene rings is 1. The van der Waals surface area contributed by atoms with Crippen LogP contribution in [0.2, 0.25) is 0 Å². The molecule has 1 aromatic carbocycles. The van der Waals surface area contributed by atoms with Gasteiger partial charge in [-0.25, -0.2) is 13.2 Å². The van der Waals surface area contributed by atoms with E-state index in [-0.39, 0.29) is 18.7 Å². The van der Waals surface area contributed by atoms with Crippen LogP contribution in [0.15, 0.2) is 18.2 Å². The molecule has 3 nitrogen and oxygen atoms in total. The second kappa shape index (κ2) is 6.61. The van der Waals surface area contributed by atoms with Crippen LogP contribution in [0.25, 0.3) is 0 Å². The number of anilines is 1. The Bertz CT molecular complexity index is 386. The van der Waals surface area contributed by atoms with Gasteiger partial charge in [0.2, 0.25) is 0 Å². The van der Waals surface area contributed by atoms with Gasteiger partial charge < -0.3 is 15.1 Å². The van der Waals surface area contributed by atoms with Gasteiger partial charge >= 0.3 is 0 Å². The van der Waals surface area contributed by atoms with E-state index in [2.05, 4.69) is 0 Å². The second-order valence-corrected chi connectivity index (χ2v) is 3.94. The fraction of sp³-hybridized carbons (Fsp3) is 0.500. The van der Waals surface area contributed by atoms with Crippen molar-refractivity contribution in [3.8, 4) is 0 Å². The summed E-state index contributed by atoms with van der Waals surface area (Å²) in [7, 11) is 0. The lowest BCUT2D eigenvalue weighted by Gasteiger charge is -2.27. The minimum atomic E-state index is -2.58. The molecule has 0 spiro atoms. The molecule has 102 valence electrons. The van der Waals surface area contributed by atoms with E-state index in [0.29, 0.717) is 5.69 Å². The maximum Gasteiger partial charge on any atom is 0.255 e. The SMILES string of the molecule is CC(O)c1cc(F)ccc1N(CCO)CC(F)F. The minimum Gasteiger partial charge on any atom is -0.395 e. The van der Waals surface area contributed by atoms with Crippen molar-refractivity contribution in [2.75, 3.05) is 24.6 Å². The van der Waals surface area contributed by atoms with Gasteiger partial charge in [0, 0.05) is 17.8 Å². The minimum absolute atomic E-state index is 0.00427. The Morgan fingerprint density at radius 2 is 2.00 bits per heavy atom. The molecule has 1 atom stereocenters. The number of aliphatic hydroxyl groups is 2. The van der Waals surface area contributed by atoms with E-state index in [1.807, 2.05) is 0 Å². The molecule has 0 aliphatic rings. The summed E-state index contributed by atoms with van der Waals surface area (Å²) in [6.45, 7) is 0.544. The number of rotatable bonds is 6. The number of aliphatic hydroxyl groups excluding tert-OH is 2. The van der Waals surface area contributed by atoms with Crippen LogP contribution in [0.3, 0.4) is 0 Å². The van der Waals surface area contributed by atoms with Crippen molar-refractivity contribution in [2.45, 2.75) is 19.5 Å². The largest absolute Gasteiger partial charge is 0.395 e. The second-order valence-electron chi connectivity index (χ2n) is 3.94. The third kappa shape index (κ3) is 3.89. The van der Waals surface area contributed by atoms with Crippen molar-refractivity contribution in [3.05, 3.63) is 29.6 Å². The van der Waals surface area contributed by atoms with E-state index in [1.54, 1.807) is 0 Å². The summed E-state index contributed by atoms with van der Waals surface area (Å²) < 4.78 is 38.0. The van der Waals surface area contributed by atoms with Gasteiger partial charge in [0.1, 0.15) is 5.82 Å². The van der Waals surface area contributed by atoms with Crippen LogP contribution >= 0.6 is 0 Å². The number of hydrogen-bond donors (Lipinski definition) is 2. The standard InChI is InChI=1S/C12H16F3NO2/c1-8(18)10-6-9(13)2-3-11(10)16(4-5-17)7-12(14)15/h2-3,6,8,12,17-18H,4-5,7H2,1H3. The van der Waals surface area contributed by atoms with Crippen molar-refractivity contribution in [3.63, 3.8) is 0 Å². The quantitative estimate of drug-likeness (QED) is 0.824. The van der Waals surface area contributed by atoms with Crippen molar-refractivity contribution in [2.24, 2.45) is 0 Å². The molecule has 0 aliphatic carbocycles. The van der Waals surface area contributed by atoms with E-state index < -0.39 is 24.9 Å². The molecule has 0 bridgehead atoms. The van der Waals surface area contributed by atoms with Crippen LogP contribution in [-0.2, 0) is 0 Å². The van der Waals surface area contributed by atoms with Crippen molar-refractivity contribution in [1.82, 2.24) is 0 Å². The number of halogens is 3. The average Bonchev–Trinajstić information content (AvgIpc) is 2.27. The summed E-state index contributed by atoms with van der Waals surface area (Å²) in [6.07, 6.45) is -3.56. The summed E-state index contributed by atoms with van der Waals surface area (Å²) in [6, 6.07) is 3.57. The van der Waals surface area contributed by atoms with E-state index in [4.69, 9.17) is 5.11 Å². The first-order valence-corrected chi connectivity index (χ1v) is 5.57. The van der Waals surface area contributed by atoms with E-state index in [0.717, 1.165) is 12.1 Å². The van der Waals surface area contributed by atoms with Gasteiger partial charge in [0.25, 0.3) is 6.43 Å². The van der Waals surface area contributed by atoms with E-state index >= 15 is 0 Å². The van der Waals surface area contributed by atoms with Crippen molar-refractivity contribution in [1.29, 1.82) is 0 Å². The maximum atomic E-state index is 13.1. The molecule has 0 saturated heterocycles. The van der Waals surface area contributed by atoms with Crippen LogP contribution in [-0.4, -0.2) is 36.3 Å². The molecular weight excluding hydrogens is 247 g/mol. The third-order valence-electron chi connectivity index (χ3n) is 2.51. The van der Waals surface area contributed by atoms with Crippen LogP contribution in [0, 0.1) is 5.82 Å². The van der Waals surface area contributed by atoms with Crippen molar-refractivity contribution >= 4 is 5.69 Å². The predicted octanol–water partition coefficient (Wildman–Crippen LogP) is 1.94. The molecule has 18 heavy (non-hydrogen) atoms. The lowest BCUT2D eigenvalue weighted by atomic mass is 10.1. The normalized spacial score (nSPS) is 12.8. The summed E-state index contributed by atoms with van der Waals surface area (Å²) in [5.74, 6) is -0.546. The topological polar surface area (TPSA) is 43.7 Å². The Labute approximate surface area is 103 Å². The Balaban J connectivity index is 3.09. The predicted molar refractivity (Wildman–Crippen MR) is 62.3 cm³/mol. The molecule has 0 heterocycles. The molecule has 0 amide bonds. The molecule has 2 N–H and O–H groups in total. The van der Waals surface area contributed by atoms with Crippen LogP contribution in [0.1, 0.15) is 18.6 Å².